The van der Waals surface area contributed by atoms with Crippen molar-refractivity contribution in [2.24, 2.45) is 0 Å². The number of hydrogen-bond acceptors (Lipinski definition) is 2. The van der Waals surface area contributed by atoms with Crippen LogP contribution in [-0.4, -0.2) is 12.6 Å². The van der Waals surface area contributed by atoms with Gasteiger partial charge in [0.2, 0.25) is 0 Å². The van der Waals surface area contributed by atoms with Crippen molar-refractivity contribution in [3.05, 3.63) is 41.5 Å². The fourth-order valence-corrected chi connectivity index (χ4v) is 2.60. The van der Waals surface area contributed by atoms with E-state index in [0.717, 1.165) is 18.7 Å². The average Bonchev–Trinajstić information content (AvgIpc) is 2.48. The maximum atomic E-state index is 6.09. The van der Waals surface area contributed by atoms with Crippen molar-refractivity contribution in [1.82, 2.24) is 5.32 Å². The molecule has 20 heavy (non-hydrogen) atoms. The van der Waals surface area contributed by atoms with Crippen LogP contribution in [0.4, 0.5) is 0 Å². The van der Waals surface area contributed by atoms with E-state index >= 15 is 0 Å². The molecule has 110 valence electrons. The molecule has 2 nitrogen and oxygen atoms in total. The van der Waals surface area contributed by atoms with Gasteiger partial charge in [0, 0.05) is 6.04 Å². The van der Waals surface area contributed by atoms with Crippen LogP contribution in [0.25, 0.3) is 0 Å². The summed E-state index contributed by atoms with van der Waals surface area (Å²) in [5, 5.41) is 3.52. The van der Waals surface area contributed by atoms with E-state index in [2.05, 4.69) is 56.4 Å². The molecule has 1 aromatic carbocycles. The molecule has 0 amide bonds. The molecule has 0 aliphatic heterocycles. The molecule has 1 aromatic rings. The fourth-order valence-electron chi connectivity index (χ4n) is 2.60. The minimum Gasteiger partial charge on any atom is -0.486 e. The Kier molecular flexibility index (Phi) is 5.66. The van der Waals surface area contributed by atoms with E-state index in [9.17, 15) is 0 Å². The molecule has 0 bridgehead atoms. The summed E-state index contributed by atoms with van der Waals surface area (Å²) in [7, 11) is 0. The highest BCUT2D eigenvalue weighted by molar-refractivity contribution is 5.37. The molecule has 0 aromatic heterocycles. The molecule has 2 rings (SSSR count). The van der Waals surface area contributed by atoms with E-state index in [1.54, 1.807) is 0 Å². The van der Waals surface area contributed by atoms with Crippen LogP contribution >= 0.6 is 0 Å². The van der Waals surface area contributed by atoms with Gasteiger partial charge in [-0.3, -0.25) is 0 Å². The first kappa shape index (κ1) is 15.1. The summed E-state index contributed by atoms with van der Waals surface area (Å²) in [5.41, 5.74) is 2.56. The van der Waals surface area contributed by atoms with Crippen molar-refractivity contribution in [3.63, 3.8) is 0 Å². The van der Waals surface area contributed by atoms with Gasteiger partial charge in [-0.2, -0.15) is 0 Å². The topological polar surface area (TPSA) is 21.3 Å². The normalized spacial score (nSPS) is 19.9. The molecule has 2 atom stereocenters. The summed E-state index contributed by atoms with van der Waals surface area (Å²) in [6.45, 7) is 7.61. The van der Waals surface area contributed by atoms with Crippen molar-refractivity contribution in [2.75, 3.05) is 6.54 Å². The van der Waals surface area contributed by atoms with Crippen LogP contribution in [0.15, 0.2) is 30.4 Å². The Morgan fingerprint density at radius 1 is 1.40 bits per heavy atom. The van der Waals surface area contributed by atoms with Crippen LogP contribution in [0.1, 0.15) is 56.7 Å². The van der Waals surface area contributed by atoms with E-state index < -0.39 is 0 Å². The van der Waals surface area contributed by atoms with Crippen LogP contribution < -0.4 is 10.1 Å². The minimum atomic E-state index is 0.254. The van der Waals surface area contributed by atoms with Gasteiger partial charge in [0.05, 0.1) is 0 Å². The zero-order valence-corrected chi connectivity index (χ0v) is 13.0. The van der Waals surface area contributed by atoms with Gasteiger partial charge in [-0.05, 0) is 69.3 Å². The first-order valence-corrected chi connectivity index (χ1v) is 7.88. The molecule has 0 fully saturated rings. The van der Waals surface area contributed by atoms with E-state index in [4.69, 9.17) is 4.74 Å². The molecular weight excluding hydrogens is 246 g/mol. The van der Waals surface area contributed by atoms with Crippen molar-refractivity contribution in [2.45, 2.75) is 58.6 Å². The largest absolute Gasteiger partial charge is 0.486 e. The number of hydrogen-bond donors (Lipinski definition) is 1. The van der Waals surface area contributed by atoms with Gasteiger partial charge in [-0.1, -0.05) is 25.1 Å². The van der Waals surface area contributed by atoms with E-state index in [1.165, 1.54) is 30.4 Å². The first-order valence-electron chi connectivity index (χ1n) is 7.88. The van der Waals surface area contributed by atoms with E-state index in [0.29, 0.717) is 6.04 Å². The molecule has 1 aliphatic rings. The second-order valence-electron chi connectivity index (χ2n) is 5.72. The van der Waals surface area contributed by atoms with Gasteiger partial charge in [-0.15, -0.1) is 0 Å². The number of nitrogens with one attached hydrogen (secondary N) is 1. The third kappa shape index (κ3) is 4.11. The molecule has 2 heteroatoms. The number of allylic oxidation sites excluding steroid dienone is 1. The standard InChI is InChI=1S/C18H27NO/c1-4-12-19-15(3)16-10-11-18(14(2)13-16)20-17-8-6-5-7-9-17/h6,8,10-11,13,15,17,19H,4-5,7,9,12H2,1-3H3. The Hall–Kier alpha value is -1.28. The lowest BCUT2D eigenvalue weighted by Gasteiger charge is -2.21. The maximum Gasteiger partial charge on any atom is 0.123 e. The third-order valence-electron chi connectivity index (χ3n) is 3.89. The summed E-state index contributed by atoms with van der Waals surface area (Å²) >= 11 is 0. The number of ether oxygens (including phenoxy) is 1. The molecular formula is C18H27NO. The zero-order valence-electron chi connectivity index (χ0n) is 13.0. The molecule has 0 saturated heterocycles. The highest BCUT2D eigenvalue weighted by Gasteiger charge is 2.12. The second kappa shape index (κ2) is 7.49. The van der Waals surface area contributed by atoms with Crippen LogP contribution in [0, 0.1) is 6.92 Å². The minimum absolute atomic E-state index is 0.254. The van der Waals surface area contributed by atoms with Gasteiger partial charge in [0.1, 0.15) is 11.9 Å². The predicted molar refractivity (Wildman–Crippen MR) is 85.3 cm³/mol. The van der Waals surface area contributed by atoms with Gasteiger partial charge in [0.25, 0.3) is 0 Å². The zero-order chi connectivity index (χ0) is 14.4. The monoisotopic (exact) mass is 273 g/mol. The van der Waals surface area contributed by atoms with Gasteiger partial charge < -0.3 is 10.1 Å². The number of benzene rings is 1. The van der Waals surface area contributed by atoms with Crippen molar-refractivity contribution in [1.29, 1.82) is 0 Å². The molecule has 1 aliphatic carbocycles. The molecule has 0 radical (unpaired) electrons. The lowest BCUT2D eigenvalue weighted by molar-refractivity contribution is 0.228. The summed E-state index contributed by atoms with van der Waals surface area (Å²) in [5.74, 6) is 1.02. The van der Waals surface area contributed by atoms with Gasteiger partial charge in [-0.25, -0.2) is 0 Å². The van der Waals surface area contributed by atoms with Crippen LogP contribution in [0.2, 0.25) is 0 Å². The molecule has 0 spiro atoms. The summed E-state index contributed by atoms with van der Waals surface area (Å²) in [6, 6.07) is 6.95. The summed E-state index contributed by atoms with van der Waals surface area (Å²) in [4.78, 5) is 0. The summed E-state index contributed by atoms with van der Waals surface area (Å²) in [6.07, 6.45) is 9.40. The van der Waals surface area contributed by atoms with E-state index in [1.807, 2.05) is 0 Å². The summed E-state index contributed by atoms with van der Waals surface area (Å²) < 4.78 is 6.09. The fraction of sp³-hybridized carbons (Fsp3) is 0.556. The lowest BCUT2D eigenvalue weighted by Crippen LogP contribution is -2.19. The highest BCUT2D eigenvalue weighted by Crippen LogP contribution is 2.25. The van der Waals surface area contributed by atoms with Gasteiger partial charge in [0.15, 0.2) is 0 Å². The van der Waals surface area contributed by atoms with Crippen molar-refractivity contribution < 1.29 is 4.74 Å². The Bertz CT molecular complexity index is 453. The van der Waals surface area contributed by atoms with E-state index in [-0.39, 0.29) is 6.10 Å². The Morgan fingerprint density at radius 3 is 2.90 bits per heavy atom. The van der Waals surface area contributed by atoms with Crippen molar-refractivity contribution in [3.8, 4) is 5.75 Å². The highest BCUT2D eigenvalue weighted by atomic mass is 16.5. The smallest absolute Gasteiger partial charge is 0.123 e. The first-order chi connectivity index (χ1) is 9.70. The molecule has 1 N–H and O–H groups in total. The quantitative estimate of drug-likeness (QED) is 0.768. The predicted octanol–water partition coefficient (Wildman–Crippen LogP) is 4.54. The Labute approximate surface area is 123 Å². The molecule has 0 heterocycles. The number of aryl methyl sites for hydroxylation is 1. The molecule has 2 unspecified atom stereocenters. The Morgan fingerprint density at radius 2 is 2.25 bits per heavy atom. The van der Waals surface area contributed by atoms with Crippen molar-refractivity contribution >= 4 is 0 Å². The maximum absolute atomic E-state index is 6.09. The number of rotatable bonds is 6. The second-order valence-corrected chi connectivity index (χ2v) is 5.72. The SMILES string of the molecule is CCCNC(C)c1ccc(OC2C=CCCC2)c(C)c1. The van der Waals surface area contributed by atoms with Crippen LogP contribution in [0.5, 0.6) is 5.75 Å². The lowest BCUT2D eigenvalue weighted by atomic mass is 10.0. The Balaban J connectivity index is 2.01. The third-order valence-corrected chi connectivity index (χ3v) is 3.89. The van der Waals surface area contributed by atoms with Crippen LogP contribution in [0.3, 0.4) is 0 Å². The van der Waals surface area contributed by atoms with Crippen LogP contribution in [-0.2, 0) is 0 Å². The van der Waals surface area contributed by atoms with Gasteiger partial charge >= 0.3 is 0 Å². The average molecular weight is 273 g/mol. The molecule has 0 saturated carbocycles.